The molecule has 0 aliphatic carbocycles. The lowest BCUT2D eigenvalue weighted by Crippen LogP contribution is -2.20. The lowest BCUT2D eigenvalue weighted by atomic mass is 10.1. The summed E-state index contributed by atoms with van der Waals surface area (Å²) in [5.41, 5.74) is 2.58. The van der Waals surface area contributed by atoms with Crippen molar-refractivity contribution in [1.82, 2.24) is 9.66 Å². The van der Waals surface area contributed by atoms with Gasteiger partial charge in [-0.15, -0.1) is 0 Å². The largest absolute Gasteiger partial charge is 0.490 e. The summed E-state index contributed by atoms with van der Waals surface area (Å²) in [4.78, 5) is 18.5. The molecule has 222 valence electrons. The van der Waals surface area contributed by atoms with E-state index in [9.17, 15) is 4.79 Å². The molecule has 0 radical (unpaired) electrons. The van der Waals surface area contributed by atoms with E-state index in [0.717, 1.165) is 21.7 Å². The summed E-state index contributed by atoms with van der Waals surface area (Å²) in [5, 5.41) is 8.70. The molecule has 0 amide bonds. The summed E-state index contributed by atoms with van der Waals surface area (Å²) < 4.78 is 20.3. The zero-order valence-electron chi connectivity index (χ0n) is 24.0. The molecule has 7 aromatic rings. The number of hydrogen-bond donors (Lipinski definition) is 0. The minimum atomic E-state index is -0.329. The maximum absolute atomic E-state index is 13.7. The summed E-state index contributed by atoms with van der Waals surface area (Å²) in [6, 6.07) is 32.4. The first-order valence-electron chi connectivity index (χ1n) is 14.3. The van der Waals surface area contributed by atoms with Crippen LogP contribution < -0.4 is 15.0 Å². The van der Waals surface area contributed by atoms with Crippen LogP contribution in [0.15, 0.2) is 122 Å². The molecular formula is C36H25BrClN3O4. The van der Waals surface area contributed by atoms with Gasteiger partial charge in [0.05, 0.1) is 28.2 Å². The Bertz CT molecular complexity index is 2310. The van der Waals surface area contributed by atoms with Gasteiger partial charge in [-0.25, -0.2) is 4.98 Å². The maximum Gasteiger partial charge on any atom is 0.282 e. The fourth-order valence-corrected chi connectivity index (χ4v) is 6.03. The van der Waals surface area contributed by atoms with E-state index in [-0.39, 0.29) is 11.4 Å². The third-order valence-electron chi connectivity index (χ3n) is 7.36. The van der Waals surface area contributed by atoms with Gasteiger partial charge in [0.25, 0.3) is 5.56 Å². The molecule has 45 heavy (non-hydrogen) atoms. The van der Waals surface area contributed by atoms with Crippen LogP contribution in [0.2, 0.25) is 5.02 Å². The smallest absolute Gasteiger partial charge is 0.282 e. The highest BCUT2D eigenvalue weighted by Crippen LogP contribution is 2.38. The Balaban J connectivity index is 1.27. The highest BCUT2D eigenvalue weighted by molar-refractivity contribution is 9.10. The summed E-state index contributed by atoms with van der Waals surface area (Å²) in [6.45, 7) is 2.71. The van der Waals surface area contributed by atoms with Crippen LogP contribution in [0.25, 0.3) is 44.2 Å². The van der Waals surface area contributed by atoms with E-state index in [1.54, 1.807) is 48.7 Å². The van der Waals surface area contributed by atoms with Crippen molar-refractivity contribution in [3.8, 4) is 23.1 Å². The Morgan fingerprint density at radius 2 is 1.71 bits per heavy atom. The van der Waals surface area contributed by atoms with Crippen molar-refractivity contribution >= 4 is 66.4 Å². The molecule has 7 nitrogen and oxygen atoms in total. The Morgan fingerprint density at radius 3 is 2.58 bits per heavy atom. The summed E-state index contributed by atoms with van der Waals surface area (Å²) in [7, 11) is 0. The number of para-hydroxylation sites is 1. The average Bonchev–Trinajstić information content (AvgIpc) is 3.47. The van der Waals surface area contributed by atoms with Crippen LogP contribution in [0.5, 0.6) is 11.5 Å². The number of nitrogens with zero attached hydrogens (tertiary/aromatic N) is 3. The van der Waals surface area contributed by atoms with Crippen molar-refractivity contribution in [2.75, 3.05) is 6.61 Å². The van der Waals surface area contributed by atoms with Gasteiger partial charge in [0.1, 0.15) is 12.2 Å². The normalized spacial score (nSPS) is 11.6. The van der Waals surface area contributed by atoms with Gasteiger partial charge < -0.3 is 13.9 Å². The third kappa shape index (κ3) is 5.70. The highest BCUT2D eigenvalue weighted by Gasteiger charge is 2.18. The number of fused-ring (bicyclic) bond motifs is 3. The van der Waals surface area contributed by atoms with Gasteiger partial charge in [0, 0.05) is 10.4 Å². The minimum Gasteiger partial charge on any atom is -0.490 e. The van der Waals surface area contributed by atoms with Gasteiger partial charge in [-0.05, 0) is 93.3 Å². The molecule has 0 bridgehead atoms. The van der Waals surface area contributed by atoms with E-state index in [2.05, 4.69) is 45.3 Å². The van der Waals surface area contributed by atoms with Crippen LogP contribution in [0, 0.1) is 0 Å². The van der Waals surface area contributed by atoms with Crippen molar-refractivity contribution in [1.29, 1.82) is 0 Å². The van der Waals surface area contributed by atoms with Crippen molar-refractivity contribution < 1.29 is 13.9 Å². The number of halogens is 2. The first-order chi connectivity index (χ1) is 22.0. The van der Waals surface area contributed by atoms with Crippen LogP contribution in [0.4, 0.5) is 0 Å². The highest BCUT2D eigenvalue weighted by atomic mass is 79.9. The summed E-state index contributed by atoms with van der Waals surface area (Å²) in [6.07, 6.45) is 1.59. The SMILES string of the molecule is CCOc1cc(C=Nn2c(-c3cc4cc(Cl)ccc4o3)nc3ccccc3c2=O)cc(Br)c1OCc1cccc2ccccc12. The molecule has 0 aliphatic rings. The monoisotopic (exact) mass is 677 g/mol. The number of rotatable bonds is 8. The first-order valence-corrected chi connectivity index (χ1v) is 15.5. The molecule has 2 aromatic heterocycles. The predicted molar refractivity (Wildman–Crippen MR) is 183 cm³/mol. The lowest BCUT2D eigenvalue weighted by Gasteiger charge is -2.15. The van der Waals surface area contributed by atoms with E-state index in [1.807, 2.05) is 43.3 Å². The molecule has 7 rings (SSSR count). The molecule has 9 heteroatoms. The quantitative estimate of drug-likeness (QED) is 0.150. The van der Waals surface area contributed by atoms with E-state index in [1.165, 1.54) is 4.68 Å². The Kier molecular flexibility index (Phi) is 7.83. The van der Waals surface area contributed by atoms with E-state index in [4.69, 9.17) is 30.5 Å². The number of hydrogen-bond acceptors (Lipinski definition) is 6. The molecule has 0 unspecified atom stereocenters. The molecule has 0 aliphatic heterocycles. The number of aromatic nitrogens is 2. The van der Waals surface area contributed by atoms with E-state index < -0.39 is 0 Å². The molecule has 0 atom stereocenters. The van der Waals surface area contributed by atoms with Crippen LogP contribution in [-0.2, 0) is 6.61 Å². The fourth-order valence-electron chi connectivity index (χ4n) is 5.27. The number of benzene rings is 5. The van der Waals surface area contributed by atoms with Gasteiger partial charge in [-0.1, -0.05) is 66.2 Å². The second kappa shape index (κ2) is 12.2. The molecular weight excluding hydrogens is 654 g/mol. The zero-order chi connectivity index (χ0) is 30.9. The molecule has 0 saturated heterocycles. The van der Waals surface area contributed by atoms with Crippen molar-refractivity contribution in [3.05, 3.63) is 134 Å². The Morgan fingerprint density at radius 1 is 0.911 bits per heavy atom. The third-order valence-corrected chi connectivity index (χ3v) is 8.18. The van der Waals surface area contributed by atoms with Gasteiger partial charge in [0.15, 0.2) is 17.3 Å². The van der Waals surface area contributed by atoms with Crippen LogP contribution >= 0.6 is 27.5 Å². The van der Waals surface area contributed by atoms with Gasteiger partial charge in [-0.3, -0.25) is 4.79 Å². The van der Waals surface area contributed by atoms with E-state index in [0.29, 0.717) is 62.0 Å². The second-order valence-corrected chi connectivity index (χ2v) is 11.6. The molecule has 0 N–H and O–H groups in total. The standard InChI is InChI=1S/C36H25BrClN3O4/c1-2-43-32-17-22(16-29(37)34(32)44-21-24-10-7-9-23-8-3-4-11-27(23)24)20-39-41-35(40-30-13-6-5-12-28(30)36(41)42)33-19-25-18-26(38)14-15-31(25)45-33/h3-20H,2,21H2,1H3. The molecule has 0 saturated carbocycles. The van der Waals surface area contributed by atoms with Crippen molar-refractivity contribution in [3.63, 3.8) is 0 Å². The fraction of sp³-hybridized carbons (Fsp3) is 0.0833. The average molecular weight is 679 g/mol. The molecule has 0 fully saturated rings. The maximum atomic E-state index is 13.7. The number of ether oxygens (including phenoxy) is 2. The van der Waals surface area contributed by atoms with Crippen molar-refractivity contribution in [2.24, 2.45) is 5.10 Å². The predicted octanol–water partition coefficient (Wildman–Crippen LogP) is 9.24. The van der Waals surface area contributed by atoms with Crippen LogP contribution in [0.1, 0.15) is 18.1 Å². The van der Waals surface area contributed by atoms with Crippen molar-refractivity contribution in [2.45, 2.75) is 13.5 Å². The minimum absolute atomic E-state index is 0.265. The van der Waals surface area contributed by atoms with E-state index >= 15 is 0 Å². The summed E-state index contributed by atoms with van der Waals surface area (Å²) in [5.74, 6) is 1.78. The molecule has 5 aromatic carbocycles. The zero-order valence-corrected chi connectivity index (χ0v) is 26.4. The lowest BCUT2D eigenvalue weighted by molar-refractivity contribution is 0.268. The molecule has 0 spiro atoms. The molecule has 2 heterocycles. The second-order valence-electron chi connectivity index (χ2n) is 10.3. The summed E-state index contributed by atoms with van der Waals surface area (Å²) >= 11 is 9.87. The Hall–Kier alpha value is -4.92. The van der Waals surface area contributed by atoms with Crippen LogP contribution in [-0.4, -0.2) is 22.5 Å². The van der Waals surface area contributed by atoms with Crippen LogP contribution in [0.3, 0.4) is 0 Å². The van der Waals surface area contributed by atoms with Gasteiger partial charge in [-0.2, -0.15) is 9.78 Å². The topological polar surface area (TPSA) is 78.9 Å². The van der Waals surface area contributed by atoms with Gasteiger partial charge in [0.2, 0.25) is 5.82 Å². The number of furan rings is 1. The first kappa shape index (κ1) is 28.8. The van der Waals surface area contributed by atoms with Gasteiger partial charge >= 0.3 is 0 Å². The Labute approximate surface area is 271 Å².